The highest BCUT2D eigenvalue weighted by atomic mass is 16.5. The zero-order chi connectivity index (χ0) is 10.3. The topological polar surface area (TPSA) is 30.5 Å². The first kappa shape index (κ1) is 12.9. The lowest BCUT2D eigenvalue weighted by Crippen LogP contribution is -2.44. The first-order valence-corrected chi connectivity index (χ1v) is 4.93. The lowest BCUT2D eigenvalue weighted by molar-refractivity contribution is 0.0751. The van der Waals surface area contributed by atoms with Gasteiger partial charge in [0.05, 0.1) is 12.7 Å². The predicted octanol–water partition coefficient (Wildman–Crippen LogP) is 1.42. The number of hydrogen-bond acceptors (Lipinski definition) is 3. The van der Waals surface area contributed by atoms with E-state index in [1.54, 1.807) is 14.2 Å². The highest BCUT2D eigenvalue weighted by Gasteiger charge is 2.14. The molecule has 0 saturated carbocycles. The first-order valence-electron chi connectivity index (χ1n) is 4.93. The van der Waals surface area contributed by atoms with E-state index in [0.717, 1.165) is 13.0 Å². The van der Waals surface area contributed by atoms with Crippen LogP contribution in [-0.2, 0) is 9.47 Å². The van der Waals surface area contributed by atoms with Crippen LogP contribution < -0.4 is 5.32 Å². The van der Waals surface area contributed by atoms with Crippen molar-refractivity contribution in [3.05, 3.63) is 0 Å². The van der Waals surface area contributed by atoms with Crippen LogP contribution in [0, 0.1) is 0 Å². The van der Waals surface area contributed by atoms with Gasteiger partial charge in [-0.25, -0.2) is 0 Å². The van der Waals surface area contributed by atoms with E-state index in [-0.39, 0.29) is 6.10 Å². The molecule has 0 aliphatic rings. The van der Waals surface area contributed by atoms with Crippen LogP contribution >= 0.6 is 0 Å². The summed E-state index contributed by atoms with van der Waals surface area (Å²) in [5.74, 6) is 0. The monoisotopic (exact) mass is 189 g/mol. The van der Waals surface area contributed by atoms with Gasteiger partial charge in [-0.2, -0.15) is 0 Å². The molecular formula is C10H23NO2. The van der Waals surface area contributed by atoms with Gasteiger partial charge in [-0.3, -0.25) is 0 Å². The SMILES string of the molecule is CCC(COC)NC(C)C(C)OC. The fraction of sp³-hybridized carbons (Fsp3) is 1.00. The maximum absolute atomic E-state index is 5.23. The van der Waals surface area contributed by atoms with E-state index < -0.39 is 0 Å². The minimum atomic E-state index is 0.242. The van der Waals surface area contributed by atoms with Gasteiger partial charge in [0, 0.05) is 26.3 Å². The van der Waals surface area contributed by atoms with Crippen molar-refractivity contribution < 1.29 is 9.47 Å². The molecule has 0 fully saturated rings. The van der Waals surface area contributed by atoms with Crippen LogP contribution in [0.5, 0.6) is 0 Å². The summed E-state index contributed by atoms with van der Waals surface area (Å²) in [6, 6.07) is 0.794. The molecule has 0 radical (unpaired) electrons. The summed E-state index contributed by atoms with van der Waals surface area (Å²) in [7, 11) is 3.47. The molecule has 3 unspecified atom stereocenters. The number of rotatable bonds is 7. The van der Waals surface area contributed by atoms with Crippen LogP contribution in [0.4, 0.5) is 0 Å². The molecule has 0 aromatic rings. The molecule has 13 heavy (non-hydrogen) atoms. The van der Waals surface area contributed by atoms with E-state index in [9.17, 15) is 0 Å². The standard InChI is InChI=1S/C10H23NO2/c1-6-10(7-12-4)11-8(2)9(3)13-5/h8-11H,6-7H2,1-5H3. The minimum Gasteiger partial charge on any atom is -0.383 e. The van der Waals surface area contributed by atoms with Gasteiger partial charge in [0.15, 0.2) is 0 Å². The van der Waals surface area contributed by atoms with Crippen LogP contribution in [0.15, 0.2) is 0 Å². The second-order valence-electron chi connectivity index (χ2n) is 3.46. The van der Waals surface area contributed by atoms with Crippen LogP contribution in [0.3, 0.4) is 0 Å². The average Bonchev–Trinajstić information content (AvgIpc) is 2.15. The van der Waals surface area contributed by atoms with E-state index in [1.807, 2.05) is 0 Å². The van der Waals surface area contributed by atoms with Gasteiger partial charge in [0.1, 0.15) is 0 Å². The normalized spacial score (nSPS) is 18.2. The zero-order valence-electron chi connectivity index (χ0n) is 9.46. The van der Waals surface area contributed by atoms with Crippen molar-refractivity contribution in [1.82, 2.24) is 5.32 Å². The Hall–Kier alpha value is -0.120. The Bertz CT molecular complexity index is 119. The third-order valence-electron chi connectivity index (χ3n) is 2.44. The highest BCUT2D eigenvalue weighted by molar-refractivity contribution is 4.74. The fourth-order valence-electron chi connectivity index (χ4n) is 1.20. The molecule has 3 atom stereocenters. The second kappa shape index (κ2) is 7.30. The van der Waals surface area contributed by atoms with E-state index >= 15 is 0 Å². The smallest absolute Gasteiger partial charge is 0.0693 e. The maximum atomic E-state index is 5.23. The molecule has 0 aromatic heterocycles. The molecule has 3 nitrogen and oxygen atoms in total. The van der Waals surface area contributed by atoms with Crippen molar-refractivity contribution in [2.45, 2.75) is 45.4 Å². The van der Waals surface area contributed by atoms with Gasteiger partial charge in [-0.15, -0.1) is 0 Å². The molecule has 0 aliphatic carbocycles. The molecule has 0 aliphatic heterocycles. The van der Waals surface area contributed by atoms with Gasteiger partial charge in [0.2, 0.25) is 0 Å². The quantitative estimate of drug-likeness (QED) is 0.657. The van der Waals surface area contributed by atoms with Crippen molar-refractivity contribution in [1.29, 1.82) is 0 Å². The molecule has 0 spiro atoms. The highest BCUT2D eigenvalue weighted by Crippen LogP contribution is 2.00. The molecule has 0 heterocycles. The van der Waals surface area contributed by atoms with Gasteiger partial charge in [0.25, 0.3) is 0 Å². The summed E-state index contributed by atoms with van der Waals surface area (Å²) in [5.41, 5.74) is 0. The number of ether oxygens (including phenoxy) is 2. The predicted molar refractivity (Wildman–Crippen MR) is 55.0 cm³/mol. The molecule has 80 valence electrons. The Morgan fingerprint density at radius 1 is 1.23 bits per heavy atom. The Morgan fingerprint density at radius 3 is 2.23 bits per heavy atom. The van der Waals surface area contributed by atoms with Crippen LogP contribution in [0.1, 0.15) is 27.2 Å². The fourth-order valence-corrected chi connectivity index (χ4v) is 1.20. The van der Waals surface area contributed by atoms with Crippen LogP contribution in [-0.4, -0.2) is 39.0 Å². The summed E-state index contributed by atoms with van der Waals surface area (Å²) in [6.07, 6.45) is 1.32. The lowest BCUT2D eigenvalue weighted by Gasteiger charge is -2.25. The maximum Gasteiger partial charge on any atom is 0.0693 e. The van der Waals surface area contributed by atoms with E-state index in [4.69, 9.17) is 9.47 Å². The Labute approximate surface area is 81.8 Å². The summed E-state index contributed by atoms with van der Waals surface area (Å²) >= 11 is 0. The first-order chi connectivity index (χ1) is 6.15. The molecule has 1 N–H and O–H groups in total. The van der Waals surface area contributed by atoms with Crippen molar-refractivity contribution in [3.8, 4) is 0 Å². The van der Waals surface area contributed by atoms with Crippen molar-refractivity contribution in [3.63, 3.8) is 0 Å². The summed E-state index contributed by atoms with van der Waals surface area (Å²) in [4.78, 5) is 0. The van der Waals surface area contributed by atoms with Gasteiger partial charge in [-0.05, 0) is 20.3 Å². The van der Waals surface area contributed by atoms with Gasteiger partial charge < -0.3 is 14.8 Å². The van der Waals surface area contributed by atoms with Crippen molar-refractivity contribution >= 4 is 0 Å². The van der Waals surface area contributed by atoms with E-state index in [2.05, 4.69) is 26.1 Å². The largest absolute Gasteiger partial charge is 0.383 e. The third-order valence-corrected chi connectivity index (χ3v) is 2.44. The van der Waals surface area contributed by atoms with E-state index in [0.29, 0.717) is 12.1 Å². The van der Waals surface area contributed by atoms with E-state index in [1.165, 1.54) is 0 Å². The van der Waals surface area contributed by atoms with Gasteiger partial charge >= 0.3 is 0 Å². The number of methoxy groups -OCH3 is 2. The molecule has 0 aromatic carbocycles. The molecule has 0 amide bonds. The molecule has 0 bridgehead atoms. The lowest BCUT2D eigenvalue weighted by atomic mass is 10.1. The molecule has 3 heteroatoms. The number of nitrogens with one attached hydrogen (secondary N) is 1. The second-order valence-corrected chi connectivity index (χ2v) is 3.46. The summed E-state index contributed by atoms with van der Waals surface area (Å²) in [6.45, 7) is 7.11. The third kappa shape index (κ3) is 5.24. The van der Waals surface area contributed by atoms with Crippen LogP contribution in [0.25, 0.3) is 0 Å². The molecule has 0 rings (SSSR count). The van der Waals surface area contributed by atoms with Crippen LogP contribution in [0.2, 0.25) is 0 Å². The number of hydrogen-bond donors (Lipinski definition) is 1. The molecule has 0 saturated heterocycles. The average molecular weight is 189 g/mol. The summed E-state index contributed by atoms with van der Waals surface area (Å²) < 4.78 is 10.3. The molecular weight excluding hydrogens is 166 g/mol. The summed E-state index contributed by atoms with van der Waals surface area (Å²) in [5, 5.41) is 3.47. The Kier molecular flexibility index (Phi) is 7.23. The Morgan fingerprint density at radius 2 is 1.85 bits per heavy atom. The van der Waals surface area contributed by atoms with Gasteiger partial charge in [-0.1, -0.05) is 6.92 Å². The van der Waals surface area contributed by atoms with Crippen molar-refractivity contribution in [2.75, 3.05) is 20.8 Å². The Balaban J connectivity index is 3.78. The van der Waals surface area contributed by atoms with Crippen molar-refractivity contribution in [2.24, 2.45) is 0 Å². The zero-order valence-corrected chi connectivity index (χ0v) is 9.46. The minimum absolute atomic E-state index is 0.242.